The summed E-state index contributed by atoms with van der Waals surface area (Å²) in [5.41, 5.74) is 6.14. The van der Waals surface area contributed by atoms with Gasteiger partial charge < -0.3 is 14.2 Å². The molecule has 5 rings (SSSR count). The lowest BCUT2D eigenvalue weighted by Crippen LogP contribution is -2.18. The molecule has 0 unspecified atom stereocenters. The highest BCUT2D eigenvalue weighted by Crippen LogP contribution is 2.27. The Morgan fingerprint density at radius 3 is 2.40 bits per heavy atom. The molecule has 10 nitrogen and oxygen atoms in total. The largest absolute Gasteiger partial charge is 0.573 e. The molecular formula is C27H27F3N8O2. The van der Waals surface area contributed by atoms with Crippen LogP contribution in [0.2, 0.25) is 0 Å². The van der Waals surface area contributed by atoms with Crippen molar-refractivity contribution < 1.29 is 22.4 Å². The predicted octanol–water partition coefficient (Wildman–Crippen LogP) is 5.24. The highest BCUT2D eigenvalue weighted by molar-refractivity contribution is 5.59. The zero-order valence-electron chi connectivity index (χ0n) is 22.6. The SMILES string of the molecule is Cc1nn(C)c(C)c1CN(C)c1ccc(Cn2nc(-c3nc(-c4ccc(OC(F)(F)F)cc4)no3)cc2C)cn1. The number of hydrogen-bond donors (Lipinski definition) is 0. The molecule has 0 spiro atoms. The van der Waals surface area contributed by atoms with Crippen LogP contribution in [-0.2, 0) is 20.1 Å². The van der Waals surface area contributed by atoms with E-state index in [9.17, 15) is 13.2 Å². The van der Waals surface area contributed by atoms with Gasteiger partial charge in [0.2, 0.25) is 5.82 Å². The van der Waals surface area contributed by atoms with Crippen LogP contribution in [0.1, 0.15) is 28.2 Å². The lowest BCUT2D eigenvalue weighted by atomic mass is 10.2. The van der Waals surface area contributed by atoms with Gasteiger partial charge in [0, 0.05) is 49.4 Å². The van der Waals surface area contributed by atoms with E-state index in [1.807, 2.05) is 61.7 Å². The van der Waals surface area contributed by atoms with Gasteiger partial charge in [-0.15, -0.1) is 13.2 Å². The minimum atomic E-state index is -4.76. The number of nitrogens with zero attached hydrogens (tertiary/aromatic N) is 8. The first-order valence-electron chi connectivity index (χ1n) is 12.4. The normalized spacial score (nSPS) is 11.7. The summed E-state index contributed by atoms with van der Waals surface area (Å²) in [6.07, 6.45) is -2.93. The van der Waals surface area contributed by atoms with E-state index < -0.39 is 6.36 Å². The van der Waals surface area contributed by atoms with Crippen LogP contribution in [-0.4, -0.2) is 48.1 Å². The minimum Gasteiger partial charge on any atom is -0.406 e. The van der Waals surface area contributed by atoms with E-state index in [2.05, 4.69) is 41.9 Å². The Labute approximate surface area is 228 Å². The number of aryl methyl sites for hydroxylation is 3. The maximum atomic E-state index is 12.4. The number of hydrogen-bond acceptors (Lipinski definition) is 8. The Bertz CT molecular complexity index is 1620. The van der Waals surface area contributed by atoms with Gasteiger partial charge in [-0.1, -0.05) is 11.2 Å². The Hall–Kier alpha value is -4.68. The second-order valence-electron chi connectivity index (χ2n) is 9.48. The van der Waals surface area contributed by atoms with Crippen LogP contribution in [0.25, 0.3) is 23.0 Å². The van der Waals surface area contributed by atoms with Crippen molar-refractivity contribution in [2.45, 2.75) is 40.2 Å². The quantitative estimate of drug-likeness (QED) is 0.258. The molecule has 0 saturated heterocycles. The molecule has 0 bridgehead atoms. The highest BCUT2D eigenvalue weighted by Gasteiger charge is 2.31. The lowest BCUT2D eigenvalue weighted by molar-refractivity contribution is -0.274. The van der Waals surface area contributed by atoms with E-state index in [1.165, 1.54) is 29.8 Å². The summed E-state index contributed by atoms with van der Waals surface area (Å²) in [7, 11) is 3.94. The molecule has 0 atom stereocenters. The first-order valence-corrected chi connectivity index (χ1v) is 12.4. The summed E-state index contributed by atoms with van der Waals surface area (Å²) >= 11 is 0. The van der Waals surface area contributed by atoms with Gasteiger partial charge in [0.1, 0.15) is 11.6 Å². The van der Waals surface area contributed by atoms with E-state index in [1.54, 1.807) is 0 Å². The van der Waals surface area contributed by atoms with Crippen LogP contribution < -0.4 is 9.64 Å². The van der Waals surface area contributed by atoms with Gasteiger partial charge in [-0.25, -0.2) is 4.98 Å². The monoisotopic (exact) mass is 552 g/mol. The van der Waals surface area contributed by atoms with Crippen molar-refractivity contribution in [2.24, 2.45) is 7.05 Å². The van der Waals surface area contributed by atoms with E-state index in [0.29, 0.717) is 24.3 Å². The van der Waals surface area contributed by atoms with Gasteiger partial charge in [-0.2, -0.15) is 15.2 Å². The highest BCUT2D eigenvalue weighted by atomic mass is 19.4. The maximum Gasteiger partial charge on any atom is 0.573 e. The standard InChI is InChI=1S/C27H27F3N8O2/c1-16-12-23(26-32-25(35-40-26)20-7-9-21(10-8-20)39-27(28,29)30)34-38(16)14-19-6-11-24(31-13-19)36(4)15-22-17(2)33-37(5)18(22)3/h6-13H,14-15H2,1-5H3. The first-order chi connectivity index (χ1) is 19.0. The van der Waals surface area contributed by atoms with Crippen LogP contribution in [0.5, 0.6) is 5.75 Å². The van der Waals surface area contributed by atoms with Crippen LogP contribution in [0.3, 0.4) is 0 Å². The Morgan fingerprint density at radius 1 is 1.02 bits per heavy atom. The molecule has 0 aliphatic rings. The number of aromatic nitrogens is 7. The second kappa shape index (κ2) is 10.5. The number of ether oxygens (including phenoxy) is 1. The van der Waals surface area contributed by atoms with Crippen molar-refractivity contribution in [3.05, 3.63) is 76.9 Å². The smallest absolute Gasteiger partial charge is 0.406 e. The Morgan fingerprint density at radius 2 is 1.77 bits per heavy atom. The fourth-order valence-corrected chi connectivity index (χ4v) is 4.30. The van der Waals surface area contributed by atoms with Gasteiger partial charge in [0.25, 0.3) is 5.89 Å². The molecule has 0 N–H and O–H groups in total. The average molecular weight is 553 g/mol. The van der Waals surface area contributed by atoms with Crippen molar-refractivity contribution in [2.75, 3.05) is 11.9 Å². The van der Waals surface area contributed by atoms with Gasteiger partial charge in [-0.05, 0) is 62.7 Å². The van der Waals surface area contributed by atoms with Crippen molar-refractivity contribution >= 4 is 5.82 Å². The summed E-state index contributed by atoms with van der Waals surface area (Å²) in [5, 5.41) is 13.0. The zero-order valence-corrected chi connectivity index (χ0v) is 22.6. The number of halogens is 3. The molecule has 4 heterocycles. The minimum absolute atomic E-state index is 0.198. The summed E-state index contributed by atoms with van der Waals surface area (Å²) in [5.74, 6) is 0.938. The van der Waals surface area contributed by atoms with Crippen molar-refractivity contribution in [1.82, 2.24) is 34.7 Å². The fraction of sp³-hybridized carbons (Fsp3) is 0.296. The topological polar surface area (TPSA) is 99.9 Å². The fourth-order valence-electron chi connectivity index (χ4n) is 4.30. The third-order valence-electron chi connectivity index (χ3n) is 6.56. The molecule has 0 aliphatic heterocycles. The van der Waals surface area contributed by atoms with E-state index in [-0.39, 0.29) is 17.5 Å². The van der Waals surface area contributed by atoms with Gasteiger partial charge >= 0.3 is 6.36 Å². The van der Waals surface area contributed by atoms with Crippen LogP contribution in [0.4, 0.5) is 19.0 Å². The molecule has 0 fully saturated rings. The molecule has 40 heavy (non-hydrogen) atoms. The Kier molecular flexibility index (Phi) is 7.04. The summed E-state index contributed by atoms with van der Waals surface area (Å²) < 4.78 is 50.2. The number of anilines is 1. The molecule has 0 amide bonds. The van der Waals surface area contributed by atoms with Gasteiger partial charge in [-0.3, -0.25) is 9.36 Å². The van der Waals surface area contributed by atoms with Crippen LogP contribution in [0, 0.1) is 20.8 Å². The molecular weight excluding hydrogens is 525 g/mol. The maximum absolute atomic E-state index is 12.4. The van der Waals surface area contributed by atoms with E-state index in [0.717, 1.165) is 28.5 Å². The molecule has 0 saturated carbocycles. The first kappa shape index (κ1) is 26.9. The summed E-state index contributed by atoms with van der Waals surface area (Å²) in [6.45, 7) is 7.18. The number of rotatable bonds is 8. The van der Waals surface area contributed by atoms with Crippen LogP contribution in [0.15, 0.2) is 53.2 Å². The van der Waals surface area contributed by atoms with E-state index in [4.69, 9.17) is 4.52 Å². The molecule has 13 heteroatoms. The second-order valence-corrected chi connectivity index (χ2v) is 9.48. The number of pyridine rings is 1. The third kappa shape index (κ3) is 5.82. The Balaban J connectivity index is 1.25. The third-order valence-corrected chi connectivity index (χ3v) is 6.56. The molecule has 0 aliphatic carbocycles. The predicted molar refractivity (Wildman–Crippen MR) is 141 cm³/mol. The summed E-state index contributed by atoms with van der Waals surface area (Å²) in [4.78, 5) is 11.1. The zero-order chi connectivity index (χ0) is 28.6. The number of benzene rings is 1. The van der Waals surface area contributed by atoms with Gasteiger partial charge in [0.15, 0.2) is 5.69 Å². The number of alkyl halides is 3. The van der Waals surface area contributed by atoms with E-state index >= 15 is 0 Å². The summed E-state index contributed by atoms with van der Waals surface area (Å²) in [6, 6.07) is 11.0. The molecule has 1 aromatic carbocycles. The van der Waals surface area contributed by atoms with Crippen molar-refractivity contribution in [3.8, 4) is 28.7 Å². The molecule has 0 radical (unpaired) electrons. The average Bonchev–Trinajstić information content (AvgIpc) is 3.59. The molecule has 208 valence electrons. The molecule has 5 aromatic rings. The van der Waals surface area contributed by atoms with Crippen molar-refractivity contribution in [3.63, 3.8) is 0 Å². The van der Waals surface area contributed by atoms with Crippen LogP contribution >= 0.6 is 0 Å². The molecule has 4 aromatic heterocycles. The van der Waals surface area contributed by atoms with Gasteiger partial charge in [0.05, 0.1) is 12.2 Å². The lowest BCUT2D eigenvalue weighted by Gasteiger charge is -2.19. The van der Waals surface area contributed by atoms with Crippen molar-refractivity contribution in [1.29, 1.82) is 0 Å².